The molecule has 1 aliphatic carbocycles. The molecular weight excluding hydrogens is 242 g/mol. The fourth-order valence-electron chi connectivity index (χ4n) is 1.99. The molecule has 0 radical (unpaired) electrons. The van der Waals surface area contributed by atoms with Crippen LogP contribution in [0.15, 0.2) is 4.63 Å². The predicted octanol–water partition coefficient (Wildman–Crippen LogP) is 0.221. The minimum atomic E-state index is -0.732. The van der Waals surface area contributed by atoms with Gasteiger partial charge in [0.1, 0.15) is 6.61 Å². The highest BCUT2D eigenvalue weighted by atomic mass is 16.8. The molecule has 1 amide bonds. The van der Waals surface area contributed by atoms with E-state index in [9.17, 15) is 10.0 Å². The summed E-state index contributed by atoms with van der Waals surface area (Å²) in [4.78, 5) is 11.5. The number of carbonyl (C=O) groups is 1. The Bertz CT molecular complexity index is 414. The fourth-order valence-corrected chi connectivity index (χ4v) is 1.99. The van der Waals surface area contributed by atoms with E-state index in [1.807, 2.05) is 0 Å². The van der Waals surface area contributed by atoms with Gasteiger partial charge < -0.3 is 20.4 Å². The third kappa shape index (κ3) is 2.89. The van der Waals surface area contributed by atoms with E-state index in [2.05, 4.69) is 15.1 Å². The Hall–Kier alpha value is -1.83. The van der Waals surface area contributed by atoms with E-state index in [1.165, 1.54) is 6.42 Å². The number of carbonyl (C=O) groups excluding carboxylic acids is 1. The molecule has 1 aromatic heterocycles. The Balaban J connectivity index is 1.91. The molecule has 0 unspecified atom stereocenters. The highest BCUT2D eigenvalue weighted by Crippen LogP contribution is 2.18. The van der Waals surface area contributed by atoms with Gasteiger partial charge in [-0.05, 0) is 17.7 Å². The SMILES string of the molecule is O=C(NC1CCCCC1)Oc1c(CO)no[n+]1[O-]. The Morgan fingerprint density at radius 3 is 2.94 bits per heavy atom. The number of aliphatic hydroxyl groups excluding tert-OH is 1. The molecule has 18 heavy (non-hydrogen) atoms. The standard InChI is InChI=1S/C10H15N3O5/c14-6-8-9(13(16)18-12-8)17-10(15)11-7-4-2-1-3-5-7/h7,14H,1-6H2,(H,11,15). The molecule has 1 saturated carbocycles. The number of hydrogen-bond acceptors (Lipinski definition) is 6. The number of aliphatic hydroxyl groups is 1. The molecule has 0 aromatic carbocycles. The van der Waals surface area contributed by atoms with Crippen molar-refractivity contribution >= 4 is 6.09 Å². The summed E-state index contributed by atoms with van der Waals surface area (Å²) >= 11 is 0. The second-order valence-electron chi connectivity index (χ2n) is 4.21. The maximum absolute atomic E-state index is 11.6. The summed E-state index contributed by atoms with van der Waals surface area (Å²) in [6.45, 7) is -0.537. The highest BCUT2D eigenvalue weighted by molar-refractivity contribution is 5.70. The molecule has 0 bridgehead atoms. The van der Waals surface area contributed by atoms with Crippen molar-refractivity contribution < 1.29 is 24.2 Å². The van der Waals surface area contributed by atoms with Crippen molar-refractivity contribution in [2.75, 3.05) is 0 Å². The third-order valence-corrected chi connectivity index (χ3v) is 2.90. The fraction of sp³-hybridized carbons (Fsp3) is 0.700. The Morgan fingerprint density at radius 2 is 2.28 bits per heavy atom. The van der Waals surface area contributed by atoms with E-state index in [-0.39, 0.29) is 16.6 Å². The molecule has 1 heterocycles. The highest BCUT2D eigenvalue weighted by Gasteiger charge is 2.24. The van der Waals surface area contributed by atoms with Crippen molar-refractivity contribution in [3.63, 3.8) is 0 Å². The summed E-state index contributed by atoms with van der Waals surface area (Å²) in [6.07, 6.45) is 4.40. The lowest BCUT2D eigenvalue weighted by Crippen LogP contribution is -2.40. The van der Waals surface area contributed by atoms with Crippen molar-refractivity contribution in [2.24, 2.45) is 0 Å². The van der Waals surface area contributed by atoms with E-state index in [0.717, 1.165) is 25.7 Å². The molecule has 1 aromatic rings. The number of hydrogen-bond donors (Lipinski definition) is 2. The van der Waals surface area contributed by atoms with Crippen LogP contribution in [-0.4, -0.2) is 22.4 Å². The van der Waals surface area contributed by atoms with E-state index in [1.54, 1.807) is 0 Å². The smallest absolute Gasteiger partial charge is 0.387 e. The normalized spacial score (nSPS) is 16.5. The molecule has 100 valence electrons. The minimum Gasteiger partial charge on any atom is -0.387 e. The number of nitrogens with zero attached hydrogens (tertiary/aromatic N) is 2. The monoisotopic (exact) mass is 257 g/mol. The Kier molecular flexibility index (Phi) is 3.98. The van der Waals surface area contributed by atoms with E-state index in [0.29, 0.717) is 0 Å². The number of aromatic nitrogens is 2. The van der Waals surface area contributed by atoms with Crippen LogP contribution in [0.4, 0.5) is 4.79 Å². The molecule has 8 heteroatoms. The van der Waals surface area contributed by atoms with Crippen molar-refractivity contribution in [3.05, 3.63) is 10.9 Å². The van der Waals surface area contributed by atoms with E-state index < -0.39 is 18.6 Å². The zero-order valence-electron chi connectivity index (χ0n) is 9.79. The molecule has 0 aliphatic heterocycles. The van der Waals surface area contributed by atoms with Crippen molar-refractivity contribution in [2.45, 2.75) is 44.8 Å². The summed E-state index contributed by atoms with van der Waals surface area (Å²) in [5.74, 6) is -0.425. The first-order valence-corrected chi connectivity index (χ1v) is 5.88. The van der Waals surface area contributed by atoms with Gasteiger partial charge in [-0.25, -0.2) is 4.79 Å². The van der Waals surface area contributed by atoms with Crippen LogP contribution < -0.4 is 15.0 Å². The number of rotatable bonds is 3. The van der Waals surface area contributed by atoms with Gasteiger partial charge in [-0.3, -0.25) is 4.63 Å². The summed E-state index contributed by atoms with van der Waals surface area (Å²) in [5.41, 5.74) is -0.108. The van der Waals surface area contributed by atoms with Gasteiger partial charge in [-0.2, -0.15) is 0 Å². The number of ether oxygens (including phenoxy) is 1. The molecule has 2 N–H and O–H groups in total. The summed E-state index contributed by atoms with van der Waals surface area (Å²) in [6, 6.07) is 0.0730. The average Bonchev–Trinajstić information content (AvgIpc) is 2.72. The summed E-state index contributed by atoms with van der Waals surface area (Å²) in [7, 11) is 0. The van der Waals surface area contributed by atoms with Crippen LogP contribution in [0.5, 0.6) is 5.88 Å². The lowest BCUT2D eigenvalue weighted by Gasteiger charge is -2.21. The topological polar surface area (TPSA) is 112 Å². The largest absolute Gasteiger partial charge is 0.415 e. The van der Waals surface area contributed by atoms with Gasteiger partial charge in [-0.1, -0.05) is 19.3 Å². The maximum atomic E-state index is 11.6. The molecule has 0 atom stereocenters. The Labute approximate surface area is 103 Å². The number of nitrogens with one attached hydrogen (secondary N) is 1. The van der Waals surface area contributed by atoms with Gasteiger partial charge in [0.05, 0.1) is 0 Å². The number of amides is 1. The van der Waals surface area contributed by atoms with Crippen LogP contribution in [0, 0.1) is 5.21 Å². The van der Waals surface area contributed by atoms with Crippen LogP contribution in [0.3, 0.4) is 0 Å². The van der Waals surface area contributed by atoms with Gasteiger partial charge in [0, 0.05) is 11.2 Å². The van der Waals surface area contributed by atoms with E-state index in [4.69, 9.17) is 9.84 Å². The van der Waals surface area contributed by atoms with Gasteiger partial charge in [-0.15, -0.1) is 0 Å². The van der Waals surface area contributed by atoms with Crippen molar-refractivity contribution in [3.8, 4) is 5.88 Å². The quantitative estimate of drug-likeness (QED) is 0.749. The van der Waals surface area contributed by atoms with Gasteiger partial charge in [0.25, 0.3) is 5.69 Å². The van der Waals surface area contributed by atoms with Crippen LogP contribution in [0.25, 0.3) is 0 Å². The molecule has 0 saturated heterocycles. The van der Waals surface area contributed by atoms with Crippen molar-refractivity contribution in [1.82, 2.24) is 10.5 Å². The van der Waals surface area contributed by atoms with Crippen LogP contribution in [0.2, 0.25) is 0 Å². The van der Waals surface area contributed by atoms with Gasteiger partial charge in [0.15, 0.2) is 0 Å². The summed E-state index contributed by atoms with van der Waals surface area (Å²) < 4.78 is 9.02. The van der Waals surface area contributed by atoms with Crippen LogP contribution in [0.1, 0.15) is 37.8 Å². The van der Waals surface area contributed by atoms with Crippen molar-refractivity contribution in [1.29, 1.82) is 0 Å². The first kappa shape index (κ1) is 12.6. The van der Waals surface area contributed by atoms with Gasteiger partial charge >= 0.3 is 12.0 Å². The van der Waals surface area contributed by atoms with E-state index >= 15 is 0 Å². The summed E-state index contributed by atoms with van der Waals surface area (Å²) in [5, 5.41) is 25.9. The van der Waals surface area contributed by atoms with Crippen LogP contribution >= 0.6 is 0 Å². The first-order chi connectivity index (χ1) is 8.70. The van der Waals surface area contributed by atoms with Crippen LogP contribution in [-0.2, 0) is 6.61 Å². The first-order valence-electron chi connectivity index (χ1n) is 5.88. The average molecular weight is 257 g/mol. The molecule has 8 nitrogen and oxygen atoms in total. The Morgan fingerprint density at radius 1 is 1.56 bits per heavy atom. The maximum Gasteiger partial charge on any atom is 0.415 e. The molecule has 1 fully saturated rings. The second kappa shape index (κ2) is 5.67. The molecule has 1 aliphatic rings. The lowest BCUT2D eigenvalue weighted by atomic mass is 9.96. The second-order valence-corrected chi connectivity index (χ2v) is 4.21. The van der Waals surface area contributed by atoms with Gasteiger partial charge in [0.2, 0.25) is 0 Å². The third-order valence-electron chi connectivity index (χ3n) is 2.90. The zero-order chi connectivity index (χ0) is 13.0. The zero-order valence-corrected chi connectivity index (χ0v) is 9.79. The lowest BCUT2D eigenvalue weighted by molar-refractivity contribution is -0.804. The molecule has 2 rings (SSSR count). The predicted molar refractivity (Wildman–Crippen MR) is 57.4 cm³/mol. The minimum absolute atomic E-state index is 0.0496. The molecular formula is C10H15N3O5. The molecule has 0 spiro atoms.